The van der Waals surface area contributed by atoms with Gasteiger partial charge in [0.15, 0.2) is 5.82 Å². The van der Waals surface area contributed by atoms with Gasteiger partial charge in [0.1, 0.15) is 6.04 Å². The molecule has 1 atom stereocenters. The van der Waals surface area contributed by atoms with Crippen LogP contribution in [0.4, 0.5) is 0 Å². The number of tetrazole rings is 1. The van der Waals surface area contributed by atoms with Crippen molar-refractivity contribution in [3.8, 4) is 0 Å². The minimum Gasteiger partial charge on any atom is -0.322 e. The molecule has 2 heterocycles. The second-order valence-electron chi connectivity index (χ2n) is 7.90. The van der Waals surface area contributed by atoms with E-state index >= 15 is 0 Å². The molecule has 0 amide bonds. The quantitative estimate of drug-likeness (QED) is 0.498. The first-order chi connectivity index (χ1) is 15.0. The van der Waals surface area contributed by atoms with E-state index in [1.165, 1.54) is 0 Å². The summed E-state index contributed by atoms with van der Waals surface area (Å²) < 4.78 is 1.80. The Kier molecular flexibility index (Phi) is 5.95. The molecule has 7 heteroatoms. The zero-order chi connectivity index (χ0) is 22.0. The molecule has 0 radical (unpaired) electrons. The highest BCUT2D eigenvalue weighted by Gasteiger charge is 2.29. The lowest BCUT2D eigenvalue weighted by molar-refractivity contribution is 0.235. The van der Waals surface area contributed by atoms with E-state index in [0.29, 0.717) is 17.9 Å². The minimum atomic E-state index is -0.345. The number of nitrogens with one attached hydrogen (secondary N) is 1. The SMILES string of the molecule is CCN(CC)[C@H](c1cc2c(C)cc(C)cc2[nH]c1=O)c1nnnn1Cc1ccccc1. The van der Waals surface area contributed by atoms with Gasteiger partial charge in [-0.1, -0.05) is 50.2 Å². The maximum atomic E-state index is 13.2. The molecule has 1 N–H and O–H groups in total. The van der Waals surface area contributed by atoms with Gasteiger partial charge in [-0.05, 0) is 66.2 Å². The lowest BCUT2D eigenvalue weighted by atomic mass is 10.00. The van der Waals surface area contributed by atoms with Crippen molar-refractivity contribution in [2.45, 2.75) is 40.3 Å². The van der Waals surface area contributed by atoms with Gasteiger partial charge in [-0.15, -0.1) is 5.10 Å². The molecule has 2 aromatic heterocycles. The minimum absolute atomic E-state index is 0.108. The Balaban J connectivity index is 1.87. The number of nitrogens with zero attached hydrogens (tertiary/aromatic N) is 5. The van der Waals surface area contributed by atoms with Crippen molar-refractivity contribution in [2.24, 2.45) is 0 Å². The maximum Gasteiger partial charge on any atom is 0.253 e. The molecule has 4 aromatic rings. The van der Waals surface area contributed by atoms with E-state index in [4.69, 9.17) is 0 Å². The summed E-state index contributed by atoms with van der Waals surface area (Å²) in [5.41, 5.74) is 4.77. The summed E-state index contributed by atoms with van der Waals surface area (Å²) in [4.78, 5) is 18.5. The smallest absolute Gasteiger partial charge is 0.253 e. The average molecular weight is 417 g/mol. The van der Waals surface area contributed by atoms with Crippen molar-refractivity contribution < 1.29 is 0 Å². The van der Waals surface area contributed by atoms with Gasteiger partial charge in [0.25, 0.3) is 5.56 Å². The lowest BCUT2D eigenvalue weighted by Gasteiger charge is -2.28. The predicted octanol–water partition coefficient (Wildman–Crippen LogP) is 3.61. The first-order valence-electron chi connectivity index (χ1n) is 10.7. The Hall–Kier alpha value is -3.32. The van der Waals surface area contributed by atoms with Crippen LogP contribution in [0.1, 0.15) is 48.0 Å². The largest absolute Gasteiger partial charge is 0.322 e. The number of fused-ring (bicyclic) bond motifs is 1. The molecule has 4 rings (SSSR count). The summed E-state index contributed by atoms with van der Waals surface area (Å²) in [7, 11) is 0. The number of aromatic amines is 1. The van der Waals surface area contributed by atoms with E-state index in [1.807, 2.05) is 49.4 Å². The second-order valence-corrected chi connectivity index (χ2v) is 7.90. The van der Waals surface area contributed by atoms with Crippen LogP contribution in [0.2, 0.25) is 0 Å². The highest BCUT2D eigenvalue weighted by atomic mass is 16.1. The first kappa shape index (κ1) is 20.9. The van der Waals surface area contributed by atoms with Gasteiger partial charge in [0.2, 0.25) is 0 Å². The molecule has 0 aliphatic heterocycles. The van der Waals surface area contributed by atoms with Gasteiger partial charge in [-0.3, -0.25) is 9.69 Å². The molecule has 0 unspecified atom stereocenters. The van der Waals surface area contributed by atoms with Crippen molar-refractivity contribution in [1.82, 2.24) is 30.1 Å². The number of H-pyrrole nitrogens is 1. The summed E-state index contributed by atoms with van der Waals surface area (Å²) in [5, 5.41) is 13.6. The molecule has 0 saturated carbocycles. The fourth-order valence-corrected chi connectivity index (χ4v) is 4.26. The fraction of sp³-hybridized carbons (Fsp3) is 0.333. The summed E-state index contributed by atoms with van der Waals surface area (Å²) in [5.74, 6) is 0.669. The zero-order valence-electron chi connectivity index (χ0n) is 18.5. The van der Waals surface area contributed by atoms with E-state index in [-0.39, 0.29) is 11.6 Å². The highest BCUT2D eigenvalue weighted by Crippen LogP contribution is 2.28. The third kappa shape index (κ3) is 4.14. The van der Waals surface area contributed by atoms with Gasteiger partial charge >= 0.3 is 0 Å². The third-order valence-electron chi connectivity index (χ3n) is 5.79. The highest BCUT2D eigenvalue weighted by molar-refractivity contribution is 5.83. The van der Waals surface area contributed by atoms with Crippen LogP contribution in [0, 0.1) is 13.8 Å². The molecule has 0 saturated heterocycles. The van der Waals surface area contributed by atoms with Crippen molar-refractivity contribution >= 4 is 10.9 Å². The van der Waals surface area contributed by atoms with E-state index in [0.717, 1.165) is 40.7 Å². The van der Waals surface area contributed by atoms with Gasteiger partial charge in [-0.25, -0.2) is 4.68 Å². The van der Waals surface area contributed by atoms with E-state index in [1.54, 1.807) is 4.68 Å². The topological polar surface area (TPSA) is 79.7 Å². The van der Waals surface area contributed by atoms with Crippen molar-refractivity contribution in [1.29, 1.82) is 0 Å². The Morgan fingerprint density at radius 3 is 2.52 bits per heavy atom. The van der Waals surface area contributed by atoms with Gasteiger partial charge in [0.05, 0.1) is 6.54 Å². The second kappa shape index (κ2) is 8.81. The number of rotatable bonds is 7. The fourth-order valence-electron chi connectivity index (χ4n) is 4.26. The molecule has 31 heavy (non-hydrogen) atoms. The Bertz CT molecular complexity index is 1240. The summed E-state index contributed by atoms with van der Waals surface area (Å²) >= 11 is 0. The standard InChI is InChI=1S/C24H28N6O/c1-5-29(6-2)22(23-26-27-28-30(23)15-18-10-8-7-9-11-18)20-14-19-17(4)12-16(3)13-21(19)25-24(20)31/h7-14,22H,5-6,15H2,1-4H3,(H,25,31)/t22-/m1/s1. The van der Waals surface area contributed by atoms with Gasteiger partial charge in [0, 0.05) is 16.5 Å². The van der Waals surface area contributed by atoms with Crippen molar-refractivity contribution in [3.05, 3.63) is 87.0 Å². The maximum absolute atomic E-state index is 13.2. The molecule has 0 aliphatic rings. The van der Waals surface area contributed by atoms with Crippen LogP contribution in [0.25, 0.3) is 10.9 Å². The molecule has 0 bridgehead atoms. The molecule has 2 aromatic carbocycles. The number of benzene rings is 2. The zero-order valence-corrected chi connectivity index (χ0v) is 18.5. The first-order valence-corrected chi connectivity index (χ1v) is 10.7. The number of aromatic nitrogens is 5. The summed E-state index contributed by atoms with van der Waals surface area (Å²) in [6.45, 7) is 10.4. The van der Waals surface area contributed by atoms with Crippen LogP contribution >= 0.6 is 0 Å². The third-order valence-corrected chi connectivity index (χ3v) is 5.79. The Morgan fingerprint density at radius 1 is 1.06 bits per heavy atom. The monoisotopic (exact) mass is 416 g/mol. The van der Waals surface area contributed by atoms with Gasteiger partial charge < -0.3 is 4.98 Å². The number of aryl methyl sites for hydroxylation is 2. The van der Waals surface area contributed by atoms with Gasteiger partial charge in [-0.2, -0.15) is 0 Å². The van der Waals surface area contributed by atoms with Crippen LogP contribution in [0.3, 0.4) is 0 Å². The molecule has 160 valence electrons. The number of pyridine rings is 1. The Labute approximate surface area is 181 Å². The average Bonchev–Trinajstić information content (AvgIpc) is 3.20. The number of hydrogen-bond acceptors (Lipinski definition) is 5. The van der Waals surface area contributed by atoms with Crippen LogP contribution in [-0.4, -0.2) is 43.2 Å². The number of hydrogen-bond donors (Lipinski definition) is 1. The Morgan fingerprint density at radius 2 is 1.81 bits per heavy atom. The van der Waals surface area contributed by atoms with E-state index < -0.39 is 0 Å². The lowest BCUT2D eigenvalue weighted by Crippen LogP contribution is -2.35. The van der Waals surface area contributed by atoms with E-state index in [2.05, 4.69) is 52.2 Å². The van der Waals surface area contributed by atoms with Crippen LogP contribution in [-0.2, 0) is 6.54 Å². The summed E-state index contributed by atoms with van der Waals surface area (Å²) in [6, 6.07) is 15.9. The molecule has 0 fully saturated rings. The molecular weight excluding hydrogens is 388 g/mol. The van der Waals surface area contributed by atoms with Crippen LogP contribution < -0.4 is 5.56 Å². The molecule has 0 aliphatic carbocycles. The normalized spacial score (nSPS) is 12.5. The van der Waals surface area contributed by atoms with Crippen molar-refractivity contribution in [3.63, 3.8) is 0 Å². The van der Waals surface area contributed by atoms with E-state index in [9.17, 15) is 4.79 Å². The predicted molar refractivity (Wildman–Crippen MR) is 122 cm³/mol. The molecular formula is C24H28N6O. The van der Waals surface area contributed by atoms with Crippen LogP contribution in [0.15, 0.2) is 53.3 Å². The molecule has 0 spiro atoms. The summed E-state index contributed by atoms with van der Waals surface area (Å²) in [6.07, 6.45) is 0. The van der Waals surface area contributed by atoms with Crippen molar-refractivity contribution in [2.75, 3.05) is 13.1 Å². The van der Waals surface area contributed by atoms with Crippen LogP contribution in [0.5, 0.6) is 0 Å². The molecule has 7 nitrogen and oxygen atoms in total.